The van der Waals surface area contributed by atoms with E-state index in [1.54, 1.807) is 14.2 Å². The second kappa shape index (κ2) is 7.48. The summed E-state index contributed by atoms with van der Waals surface area (Å²) in [6, 6.07) is 10.9. The fourth-order valence-corrected chi connectivity index (χ4v) is 3.16. The molecule has 1 N–H and O–H groups in total. The summed E-state index contributed by atoms with van der Waals surface area (Å²) in [6.07, 6.45) is 0.967. The van der Waals surface area contributed by atoms with Gasteiger partial charge in [0.05, 0.1) is 14.2 Å². The summed E-state index contributed by atoms with van der Waals surface area (Å²) in [5.74, 6) is 1.56. The van der Waals surface area contributed by atoms with Gasteiger partial charge in [0.15, 0.2) is 11.5 Å². The van der Waals surface area contributed by atoms with Crippen molar-refractivity contribution in [1.82, 2.24) is 5.32 Å². The first kappa shape index (κ1) is 15.9. The fraction of sp³-hybridized carbons (Fsp3) is 0.412. The highest BCUT2D eigenvalue weighted by atomic mass is 32.1. The lowest BCUT2D eigenvalue weighted by Crippen LogP contribution is -2.20. The molecule has 0 radical (unpaired) electrons. The number of methoxy groups -OCH3 is 2. The van der Waals surface area contributed by atoms with E-state index < -0.39 is 0 Å². The molecule has 2 rings (SSSR count). The predicted octanol–water partition coefficient (Wildman–Crippen LogP) is 3.97. The summed E-state index contributed by atoms with van der Waals surface area (Å²) in [5, 5.41) is 3.57. The molecule has 4 heteroatoms. The molecule has 0 bridgehead atoms. The van der Waals surface area contributed by atoms with Gasteiger partial charge < -0.3 is 14.8 Å². The van der Waals surface area contributed by atoms with Crippen LogP contribution in [0, 0.1) is 6.92 Å². The van der Waals surface area contributed by atoms with Gasteiger partial charge in [-0.2, -0.15) is 0 Å². The lowest BCUT2D eigenvalue weighted by atomic mass is 10.1. The van der Waals surface area contributed by atoms with Crippen LogP contribution in [0.5, 0.6) is 11.5 Å². The first-order valence-electron chi connectivity index (χ1n) is 7.14. The molecule has 0 saturated carbocycles. The zero-order valence-corrected chi connectivity index (χ0v) is 13.9. The molecule has 0 aliphatic carbocycles. The molecule has 1 heterocycles. The highest BCUT2D eigenvalue weighted by Gasteiger charge is 2.08. The van der Waals surface area contributed by atoms with Gasteiger partial charge in [0, 0.05) is 15.8 Å². The van der Waals surface area contributed by atoms with E-state index in [1.165, 1.54) is 15.3 Å². The van der Waals surface area contributed by atoms with E-state index in [0.717, 1.165) is 24.5 Å². The van der Waals surface area contributed by atoms with Gasteiger partial charge in [0.1, 0.15) is 0 Å². The maximum absolute atomic E-state index is 5.33. The van der Waals surface area contributed by atoms with Crippen LogP contribution in [0.2, 0.25) is 0 Å². The van der Waals surface area contributed by atoms with E-state index in [4.69, 9.17) is 9.47 Å². The summed E-state index contributed by atoms with van der Waals surface area (Å²) in [7, 11) is 3.32. The molecule has 3 nitrogen and oxygen atoms in total. The van der Waals surface area contributed by atoms with E-state index in [0.29, 0.717) is 6.04 Å². The van der Waals surface area contributed by atoms with Crippen LogP contribution in [-0.2, 0) is 6.42 Å². The van der Waals surface area contributed by atoms with Crippen molar-refractivity contribution in [2.45, 2.75) is 26.3 Å². The minimum absolute atomic E-state index is 0.392. The van der Waals surface area contributed by atoms with Crippen LogP contribution in [0.25, 0.3) is 0 Å². The molecule has 114 valence electrons. The third-order valence-corrected chi connectivity index (χ3v) is 4.68. The smallest absolute Gasteiger partial charge is 0.160 e. The van der Waals surface area contributed by atoms with Crippen LogP contribution in [0.4, 0.5) is 0 Å². The van der Waals surface area contributed by atoms with Crippen molar-refractivity contribution >= 4 is 11.3 Å². The second-order valence-electron chi connectivity index (χ2n) is 5.06. The molecular formula is C17H23NO2S. The summed E-state index contributed by atoms with van der Waals surface area (Å²) >= 11 is 1.85. The Morgan fingerprint density at radius 2 is 1.86 bits per heavy atom. The van der Waals surface area contributed by atoms with Crippen molar-refractivity contribution in [2.75, 3.05) is 20.8 Å². The molecule has 0 fully saturated rings. The fourth-order valence-electron chi connectivity index (χ4n) is 2.26. The first-order valence-corrected chi connectivity index (χ1v) is 7.96. The predicted molar refractivity (Wildman–Crippen MR) is 88.7 cm³/mol. The van der Waals surface area contributed by atoms with Crippen molar-refractivity contribution in [3.8, 4) is 11.5 Å². The van der Waals surface area contributed by atoms with Crippen molar-refractivity contribution < 1.29 is 9.47 Å². The highest BCUT2D eigenvalue weighted by Crippen LogP contribution is 2.27. The van der Waals surface area contributed by atoms with Gasteiger partial charge in [0.25, 0.3) is 0 Å². The molecule has 0 spiro atoms. The number of benzene rings is 1. The van der Waals surface area contributed by atoms with Crippen molar-refractivity contribution in [3.05, 3.63) is 45.6 Å². The van der Waals surface area contributed by atoms with Gasteiger partial charge >= 0.3 is 0 Å². The molecule has 1 aromatic carbocycles. The maximum atomic E-state index is 5.33. The number of aryl methyl sites for hydroxylation is 1. The van der Waals surface area contributed by atoms with Gasteiger partial charge in [-0.3, -0.25) is 0 Å². The summed E-state index contributed by atoms with van der Waals surface area (Å²) in [6.45, 7) is 5.29. The molecule has 0 aliphatic rings. The molecule has 1 unspecified atom stereocenters. The number of thiophene rings is 1. The van der Waals surface area contributed by atoms with Gasteiger partial charge in [0.2, 0.25) is 0 Å². The molecule has 1 aromatic heterocycles. The zero-order chi connectivity index (χ0) is 15.2. The summed E-state index contributed by atoms with van der Waals surface area (Å²) in [5.41, 5.74) is 1.25. The number of hydrogen-bond donors (Lipinski definition) is 1. The summed E-state index contributed by atoms with van der Waals surface area (Å²) in [4.78, 5) is 2.75. The van der Waals surface area contributed by atoms with Crippen molar-refractivity contribution in [1.29, 1.82) is 0 Å². The Kier molecular flexibility index (Phi) is 5.65. The molecule has 0 aliphatic heterocycles. The standard InChI is InChI=1S/C17H23NO2S/c1-12-5-8-17(21-12)13(2)18-10-9-14-6-7-15(19-3)16(11-14)20-4/h5-8,11,13,18H,9-10H2,1-4H3. The van der Waals surface area contributed by atoms with Crippen LogP contribution in [0.1, 0.15) is 28.3 Å². The lowest BCUT2D eigenvalue weighted by molar-refractivity contribution is 0.354. The molecule has 2 aromatic rings. The minimum atomic E-state index is 0.392. The van der Waals surface area contributed by atoms with Crippen LogP contribution >= 0.6 is 11.3 Å². The average Bonchev–Trinajstić information content (AvgIpc) is 2.93. The van der Waals surface area contributed by atoms with Gasteiger partial charge in [-0.1, -0.05) is 6.07 Å². The van der Waals surface area contributed by atoms with Crippen LogP contribution in [0.15, 0.2) is 30.3 Å². The number of rotatable bonds is 7. The SMILES string of the molecule is COc1ccc(CCNC(C)c2ccc(C)s2)cc1OC. The van der Waals surface area contributed by atoms with Crippen LogP contribution < -0.4 is 14.8 Å². The molecule has 1 atom stereocenters. The van der Waals surface area contributed by atoms with Crippen molar-refractivity contribution in [3.63, 3.8) is 0 Å². The Morgan fingerprint density at radius 3 is 2.48 bits per heavy atom. The normalized spacial score (nSPS) is 12.2. The quantitative estimate of drug-likeness (QED) is 0.839. The third-order valence-electron chi connectivity index (χ3n) is 3.50. The van der Waals surface area contributed by atoms with E-state index in [9.17, 15) is 0 Å². The molecule has 21 heavy (non-hydrogen) atoms. The Balaban J connectivity index is 1.88. The monoisotopic (exact) mass is 305 g/mol. The number of hydrogen-bond acceptors (Lipinski definition) is 4. The minimum Gasteiger partial charge on any atom is -0.493 e. The maximum Gasteiger partial charge on any atom is 0.160 e. The van der Waals surface area contributed by atoms with Crippen LogP contribution in [-0.4, -0.2) is 20.8 Å². The third kappa shape index (κ3) is 4.22. The van der Waals surface area contributed by atoms with Gasteiger partial charge in [-0.05, 0) is 56.6 Å². The van der Waals surface area contributed by atoms with Crippen LogP contribution in [0.3, 0.4) is 0 Å². The van der Waals surface area contributed by atoms with E-state index >= 15 is 0 Å². The molecular weight excluding hydrogens is 282 g/mol. The molecule has 0 saturated heterocycles. The average molecular weight is 305 g/mol. The zero-order valence-electron chi connectivity index (χ0n) is 13.1. The van der Waals surface area contributed by atoms with Crippen molar-refractivity contribution in [2.24, 2.45) is 0 Å². The topological polar surface area (TPSA) is 30.5 Å². The molecule has 0 amide bonds. The Hall–Kier alpha value is -1.52. The van der Waals surface area contributed by atoms with E-state index in [2.05, 4.69) is 37.4 Å². The Morgan fingerprint density at radius 1 is 1.10 bits per heavy atom. The van der Waals surface area contributed by atoms with E-state index in [1.807, 2.05) is 23.5 Å². The number of nitrogens with one attached hydrogen (secondary N) is 1. The van der Waals surface area contributed by atoms with Gasteiger partial charge in [-0.15, -0.1) is 11.3 Å². The second-order valence-corrected chi connectivity index (χ2v) is 6.38. The first-order chi connectivity index (χ1) is 10.1. The van der Waals surface area contributed by atoms with E-state index in [-0.39, 0.29) is 0 Å². The number of ether oxygens (including phenoxy) is 2. The lowest BCUT2D eigenvalue weighted by Gasteiger charge is -2.13. The Bertz CT molecular complexity index is 580. The van der Waals surface area contributed by atoms with Gasteiger partial charge in [-0.25, -0.2) is 0 Å². The Labute approximate surface area is 130 Å². The largest absolute Gasteiger partial charge is 0.493 e. The highest BCUT2D eigenvalue weighted by molar-refractivity contribution is 7.12. The summed E-state index contributed by atoms with van der Waals surface area (Å²) < 4.78 is 10.6.